The van der Waals surface area contributed by atoms with Crippen molar-refractivity contribution in [3.05, 3.63) is 47.2 Å². The number of hydrogen-bond acceptors (Lipinski definition) is 4. The van der Waals surface area contributed by atoms with Gasteiger partial charge in [-0.25, -0.2) is 8.42 Å². The lowest BCUT2D eigenvalue weighted by Gasteiger charge is -2.17. The molecule has 1 aromatic carbocycles. The Morgan fingerprint density at radius 3 is 2.80 bits per heavy atom. The first-order valence-corrected chi connectivity index (χ1v) is 7.54. The Balaban J connectivity index is 2.26. The van der Waals surface area contributed by atoms with E-state index in [1.54, 1.807) is 0 Å². The predicted octanol–water partition coefficient (Wildman–Crippen LogP) is 1.03. The summed E-state index contributed by atoms with van der Waals surface area (Å²) >= 11 is 0. The first-order valence-electron chi connectivity index (χ1n) is 6.10. The summed E-state index contributed by atoms with van der Waals surface area (Å²) in [6.07, 6.45) is 1.31. The summed E-state index contributed by atoms with van der Waals surface area (Å²) in [5.41, 5.74) is 2.24. The number of aliphatic hydroxyl groups excluding tert-OH is 1. The van der Waals surface area contributed by atoms with E-state index in [0.717, 1.165) is 11.1 Å². The Morgan fingerprint density at radius 2 is 2.15 bits per heavy atom. The maximum absolute atomic E-state index is 12.4. The van der Waals surface area contributed by atoms with Crippen LogP contribution in [0.4, 0.5) is 0 Å². The number of sulfonamides is 1. The van der Waals surface area contributed by atoms with Crippen molar-refractivity contribution < 1.29 is 13.5 Å². The second-order valence-electron chi connectivity index (χ2n) is 4.63. The van der Waals surface area contributed by atoms with E-state index in [4.69, 9.17) is 5.11 Å². The number of nitrogens with zero attached hydrogens (tertiary/aromatic N) is 2. The third kappa shape index (κ3) is 2.90. The minimum atomic E-state index is -3.69. The minimum Gasteiger partial charge on any atom is -0.392 e. The molecule has 0 atom stereocenters. The van der Waals surface area contributed by atoms with E-state index >= 15 is 0 Å². The fraction of sp³-hybridized carbons (Fsp3) is 0.308. The molecule has 2 aromatic rings. The van der Waals surface area contributed by atoms with Crippen LogP contribution in [-0.4, -0.2) is 35.1 Å². The molecule has 6 nitrogen and oxygen atoms in total. The number of aromatic amines is 1. The molecule has 108 valence electrons. The van der Waals surface area contributed by atoms with Crippen molar-refractivity contribution in [2.45, 2.75) is 25.1 Å². The van der Waals surface area contributed by atoms with Crippen LogP contribution in [0, 0.1) is 6.92 Å². The zero-order valence-corrected chi connectivity index (χ0v) is 12.2. The van der Waals surface area contributed by atoms with Gasteiger partial charge in [0, 0.05) is 19.2 Å². The number of benzene rings is 1. The highest BCUT2D eigenvalue weighted by Gasteiger charge is 2.25. The van der Waals surface area contributed by atoms with Crippen LogP contribution in [-0.2, 0) is 23.2 Å². The van der Waals surface area contributed by atoms with Gasteiger partial charge in [0.25, 0.3) is 10.0 Å². The molecule has 0 radical (unpaired) electrons. The highest BCUT2D eigenvalue weighted by molar-refractivity contribution is 7.89. The predicted molar refractivity (Wildman–Crippen MR) is 74.3 cm³/mol. The lowest BCUT2D eigenvalue weighted by atomic mass is 10.1. The Morgan fingerprint density at radius 1 is 1.40 bits per heavy atom. The molecule has 0 bridgehead atoms. The maximum Gasteiger partial charge on any atom is 0.260 e. The van der Waals surface area contributed by atoms with Crippen molar-refractivity contribution in [2.24, 2.45) is 0 Å². The lowest BCUT2D eigenvalue weighted by molar-refractivity contribution is 0.278. The number of aliphatic hydroxyl groups is 1. The van der Waals surface area contributed by atoms with Crippen molar-refractivity contribution in [1.29, 1.82) is 0 Å². The maximum atomic E-state index is 12.4. The fourth-order valence-electron chi connectivity index (χ4n) is 1.94. The molecule has 2 N–H and O–H groups in total. The van der Waals surface area contributed by atoms with Crippen molar-refractivity contribution >= 4 is 10.0 Å². The molecular formula is C13H17N3O3S. The molecule has 1 aromatic heterocycles. The number of aryl methyl sites for hydroxylation is 1. The van der Waals surface area contributed by atoms with E-state index in [0.29, 0.717) is 0 Å². The molecule has 20 heavy (non-hydrogen) atoms. The molecule has 0 saturated heterocycles. The molecule has 0 amide bonds. The van der Waals surface area contributed by atoms with Gasteiger partial charge in [-0.1, -0.05) is 29.8 Å². The number of hydrogen-bond donors (Lipinski definition) is 2. The van der Waals surface area contributed by atoms with Crippen LogP contribution in [0.15, 0.2) is 35.5 Å². The van der Waals surface area contributed by atoms with Crippen LogP contribution < -0.4 is 0 Å². The summed E-state index contributed by atoms with van der Waals surface area (Å²) in [4.78, 5) is 0. The van der Waals surface area contributed by atoms with Gasteiger partial charge < -0.3 is 5.11 Å². The smallest absolute Gasteiger partial charge is 0.260 e. The quantitative estimate of drug-likeness (QED) is 0.862. The van der Waals surface area contributed by atoms with Gasteiger partial charge in [-0.2, -0.15) is 9.40 Å². The second-order valence-corrected chi connectivity index (χ2v) is 6.61. The largest absolute Gasteiger partial charge is 0.392 e. The average molecular weight is 295 g/mol. The first kappa shape index (κ1) is 14.7. The molecular weight excluding hydrogens is 278 g/mol. The number of rotatable bonds is 5. The monoisotopic (exact) mass is 295 g/mol. The summed E-state index contributed by atoms with van der Waals surface area (Å²) in [6, 6.07) is 7.65. The lowest BCUT2D eigenvalue weighted by Crippen LogP contribution is -2.27. The summed E-state index contributed by atoms with van der Waals surface area (Å²) in [5.74, 6) is 0. The molecule has 2 rings (SSSR count). The van der Waals surface area contributed by atoms with E-state index in [2.05, 4.69) is 10.2 Å². The Bertz CT molecular complexity index is 694. The van der Waals surface area contributed by atoms with Gasteiger partial charge in [-0.05, 0) is 12.5 Å². The molecule has 0 aliphatic heterocycles. The van der Waals surface area contributed by atoms with Gasteiger partial charge in [0.1, 0.15) is 0 Å². The first-order chi connectivity index (χ1) is 9.45. The normalized spacial score (nSPS) is 12.0. The van der Waals surface area contributed by atoms with E-state index < -0.39 is 10.0 Å². The van der Waals surface area contributed by atoms with Crippen molar-refractivity contribution in [2.75, 3.05) is 7.05 Å². The molecule has 0 fully saturated rings. The molecule has 0 saturated carbocycles. The van der Waals surface area contributed by atoms with Gasteiger partial charge >= 0.3 is 0 Å². The van der Waals surface area contributed by atoms with Crippen molar-refractivity contribution in [3.8, 4) is 0 Å². The highest BCUT2D eigenvalue weighted by Crippen LogP contribution is 2.18. The third-order valence-corrected chi connectivity index (χ3v) is 4.82. The topological polar surface area (TPSA) is 86.3 Å². The molecule has 0 unspecified atom stereocenters. The summed E-state index contributed by atoms with van der Waals surface area (Å²) < 4.78 is 26.0. The highest BCUT2D eigenvalue weighted by atomic mass is 32.2. The van der Waals surface area contributed by atoms with Crippen LogP contribution in [0.5, 0.6) is 0 Å². The van der Waals surface area contributed by atoms with Crippen LogP contribution in [0.1, 0.15) is 16.7 Å². The number of H-pyrrole nitrogens is 1. The van der Waals surface area contributed by atoms with Crippen LogP contribution in [0.2, 0.25) is 0 Å². The number of nitrogens with one attached hydrogen (secondary N) is 1. The fourth-order valence-corrected chi connectivity index (χ4v) is 3.19. The van der Waals surface area contributed by atoms with Gasteiger partial charge in [0.15, 0.2) is 5.03 Å². The molecule has 1 heterocycles. The van der Waals surface area contributed by atoms with Crippen molar-refractivity contribution in [3.63, 3.8) is 0 Å². The van der Waals surface area contributed by atoms with Gasteiger partial charge in [0.05, 0.1) is 12.8 Å². The molecule has 0 aliphatic rings. The van der Waals surface area contributed by atoms with Gasteiger partial charge in [-0.15, -0.1) is 0 Å². The third-order valence-electron chi connectivity index (χ3n) is 3.00. The molecule has 0 aliphatic carbocycles. The SMILES string of the molecule is Cc1cccc(CN(C)S(=O)(=O)c2[nH]ncc2CO)c1. The van der Waals surface area contributed by atoms with E-state index in [1.807, 2.05) is 31.2 Å². The Labute approximate surface area is 118 Å². The Hall–Kier alpha value is -1.70. The van der Waals surface area contributed by atoms with Crippen LogP contribution in [0.25, 0.3) is 0 Å². The zero-order chi connectivity index (χ0) is 14.8. The summed E-state index contributed by atoms with van der Waals surface area (Å²) in [5, 5.41) is 15.2. The average Bonchev–Trinajstić information content (AvgIpc) is 2.87. The van der Waals surface area contributed by atoms with Gasteiger partial charge in [-0.3, -0.25) is 5.10 Å². The summed E-state index contributed by atoms with van der Waals surface area (Å²) in [6.45, 7) is 1.84. The van der Waals surface area contributed by atoms with E-state index in [1.165, 1.54) is 17.5 Å². The minimum absolute atomic E-state index is 0.0600. The van der Waals surface area contributed by atoms with Crippen molar-refractivity contribution in [1.82, 2.24) is 14.5 Å². The summed E-state index contributed by atoms with van der Waals surface area (Å²) in [7, 11) is -2.19. The standard InChI is InChI=1S/C13H17N3O3S/c1-10-4-3-5-11(6-10)8-16(2)20(18,19)13-12(9-17)7-14-15-13/h3-7,17H,8-9H2,1-2H3,(H,14,15). The van der Waals surface area contributed by atoms with Crippen LogP contribution >= 0.6 is 0 Å². The van der Waals surface area contributed by atoms with E-state index in [-0.39, 0.29) is 23.7 Å². The van der Waals surface area contributed by atoms with E-state index in [9.17, 15) is 8.42 Å². The molecule has 0 spiro atoms. The second kappa shape index (κ2) is 5.74. The molecule has 7 heteroatoms. The van der Waals surface area contributed by atoms with Crippen LogP contribution in [0.3, 0.4) is 0 Å². The zero-order valence-electron chi connectivity index (χ0n) is 11.4. The Kier molecular flexibility index (Phi) is 4.22. The number of aromatic nitrogens is 2. The van der Waals surface area contributed by atoms with Gasteiger partial charge in [0.2, 0.25) is 0 Å².